The van der Waals surface area contributed by atoms with Gasteiger partial charge >= 0.3 is 0 Å². The molecular formula is C19H30N2O8S2. The lowest BCUT2D eigenvalue weighted by atomic mass is 9.97. The first-order valence-corrected chi connectivity index (χ1v) is 12.2. The van der Waals surface area contributed by atoms with Gasteiger partial charge in [0.05, 0.1) is 39.6 Å². The molecule has 0 aromatic carbocycles. The predicted octanol–water partition coefficient (Wildman–Crippen LogP) is -0.185. The van der Waals surface area contributed by atoms with Crippen LogP contribution in [0.3, 0.4) is 0 Å². The van der Waals surface area contributed by atoms with Crippen LogP contribution in [0.1, 0.15) is 6.92 Å². The van der Waals surface area contributed by atoms with Gasteiger partial charge in [-0.15, -0.1) is 0 Å². The van der Waals surface area contributed by atoms with Crippen molar-refractivity contribution in [1.82, 2.24) is 10.3 Å². The maximum absolute atomic E-state index is 11.4. The Balaban J connectivity index is 1.53. The number of nitrogens with zero attached hydrogens (tertiary/aromatic N) is 1. The monoisotopic (exact) mass is 478 g/mol. The SMILES string of the molecule is CC(=O)NC1C(OCCOCCOCCSSc2ccccn2)OC(CO)C(O)C1O. The van der Waals surface area contributed by atoms with Gasteiger partial charge in [0, 0.05) is 18.9 Å². The summed E-state index contributed by atoms with van der Waals surface area (Å²) in [7, 11) is 3.27. The zero-order chi connectivity index (χ0) is 22.5. The molecule has 0 saturated carbocycles. The molecule has 1 aliphatic heterocycles. The molecule has 4 N–H and O–H groups in total. The molecular weight excluding hydrogens is 448 g/mol. The first kappa shape index (κ1) is 26.3. The van der Waals surface area contributed by atoms with Crippen molar-refractivity contribution < 1.29 is 39.1 Å². The quantitative estimate of drug-likeness (QED) is 0.209. The van der Waals surface area contributed by atoms with E-state index in [-0.39, 0.29) is 13.2 Å². The summed E-state index contributed by atoms with van der Waals surface area (Å²) in [6.45, 7) is 2.62. The van der Waals surface area contributed by atoms with Crippen LogP contribution in [0.25, 0.3) is 0 Å². The van der Waals surface area contributed by atoms with Crippen molar-refractivity contribution in [1.29, 1.82) is 0 Å². The molecule has 2 rings (SSSR count). The molecule has 1 aliphatic rings. The smallest absolute Gasteiger partial charge is 0.217 e. The zero-order valence-electron chi connectivity index (χ0n) is 17.3. The minimum Gasteiger partial charge on any atom is -0.394 e. The summed E-state index contributed by atoms with van der Waals surface area (Å²) in [5.41, 5.74) is 0. The predicted molar refractivity (Wildman–Crippen MR) is 116 cm³/mol. The molecule has 0 aliphatic carbocycles. The first-order valence-electron chi connectivity index (χ1n) is 9.90. The van der Waals surface area contributed by atoms with Crippen molar-refractivity contribution in [3.8, 4) is 0 Å². The maximum Gasteiger partial charge on any atom is 0.217 e. The Labute approximate surface area is 189 Å². The maximum atomic E-state index is 11.4. The largest absolute Gasteiger partial charge is 0.394 e. The van der Waals surface area contributed by atoms with Gasteiger partial charge in [-0.25, -0.2) is 4.98 Å². The molecule has 1 fully saturated rings. The number of aliphatic hydroxyl groups is 3. The number of hydrogen-bond acceptors (Lipinski definition) is 11. The van der Waals surface area contributed by atoms with E-state index in [9.17, 15) is 20.1 Å². The van der Waals surface area contributed by atoms with Crippen molar-refractivity contribution in [2.24, 2.45) is 0 Å². The highest BCUT2D eigenvalue weighted by Gasteiger charge is 2.45. The van der Waals surface area contributed by atoms with Crippen LogP contribution < -0.4 is 5.32 Å². The van der Waals surface area contributed by atoms with E-state index in [2.05, 4.69) is 10.3 Å². The van der Waals surface area contributed by atoms with Crippen LogP contribution in [0, 0.1) is 0 Å². The Morgan fingerprint density at radius 3 is 2.58 bits per heavy atom. The van der Waals surface area contributed by atoms with Crippen molar-refractivity contribution in [2.45, 2.75) is 42.6 Å². The Hall–Kier alpha value is -0.960. The van der Waals surface area contributed by atoms with Crippen molar-refractivity contribution in [3.05, 3.63) is 24.4 Å². The normalized spacial score (nSPS) is 26.0. The van der Waals surface area contributed by atoms with Gasteiger partial charge in [0.25, 0.3) is 0 Å². The van der Waals surface area contributed by atoms with E-state index in [1.807, 2.05) is 18.2 Å². The molecule has 1 aromatic heterocycles. The fourth-order valence-corrected chi connectivity index (χ4v) is 4.49. The number of aliphatic hydroxyl groups excluding tert-OH is 3. The van der Waals surface area contributed by atoms with Gasteiger partial charge in [-0.05, 0) is 22.9 Å². The Morgan fingerprint density at radius 2 is 1.90 bits per heavy atom. The average molecular weight is 479 g/mol. The van der Waals surface area contributed by atoms with E-state index in [0.717, 1.165) is 10.8 Å². The molecule has 0 radical (unpaired) electrons. The van der Waals surface area contributed by atoms with Crippen LogP contribution in [0.2, 0.25) is 0 Å². The second kappa shape index (κ2) is 15.0. The number of nitrogens with one attached hydrogen (secondary N) is 1. The van der Waals surface area contributed by atoms with Gasteiger partial charge in [-0.3, -0.25) is 4.79 Å². The molecule has 12 heteroatoms. The number of aromatic nitrogens is 1. The highest BCUT2D eigenvalue weighted by atomic mass is 33.1. The van der Waals surface area contributed by atoms with Crippen molar-refractivity contribution in [3.63, 3.8) is 0 Å². The molecule has 2 heterocycles. The number of amides is 1. The van der Waals surface area contributed by atoms with Crippen molar-refractivity contribution >= 4 is 27.5 Å². The minimum absolute atomic E-state index is 0.137. The Kier molecular flexibility index (Phi) is 12.7. The van der Waals surface area contributed by atoms with E-state index >= 15 is 0 Å². The molecule has 176 valence electrons. The number of pyridine rings is 1. The van der Waals surface area contributed by atoms with Gasteiger partial charge in [-0.1, -0.05) is 16.9 Å². The third-order valence-corrected chi connectivity index (χ3v) is 6.45. The van der Waals surface area contributed by atoms with Crippen LogP contribution in [-0.2, 0) is 23.7 Å². The highest BCUT2D eigenvalue weighted by Crippen LogP contribution is 2.28. The van der Waals surface area contributed by atoms with Crippen LogP contribution >= 0.6 is 21.6 Å². The van der Waals surface area contributed by atoms with Gasteiger partial charge < -0.3 is 39.6 Å². The van der Waals surface area contributed by atoms with E-state index in [1.54, 1.807) is 27.8 Å². The van der Waals surface area contributed by atoms with E-state index in [4.69, 9.17) is 18.9 Å². The van der Waals surface area contributed by atoms with Crippen LogP contribution in [0.4, 0.5) is 0 Å². The van der Waals surface area contributed by atoms with Crippen LogP contribution in [0.5, 0.6) is 0 Å². The fraction of sp³-hybridized carbons (Fsp3) is 0.684. The molecule has 10 nitrogen and oxygen atoms in total. The summed E-state index contributed by atoms with van der Waals surface area (Å²) in [5, 5.41) is 32.9. The molecule has 1 amide bonds. The third-order valence-electron chi connectivity index (χ3n) is 4.23. The Morgan fingerprint density at radius 1 is 1.16 bits per heavy atom. The van der Waals surface area contributed by atoms with Crippen molar-refractivity contribution in [2.75, 3.05) is 45.4 Å². The molecule has 0 bridgehead atoms. The first-order chi connectivity index (χ1) is 15.0. The van der Waals surface area contributed by atoms with E-state index in [1.165, 1.54) is 6.92 Å². The number of carbonyl (C=O) groups is 1. The number of hydrogen-bond donors (Lipinski definition) is 4. The number of carbonyl (C=O) groups excluding carboxylic acids is 1. The second-order valence-corrected chi connectivity index (χ2v) is 9.04. The summed E-state index contributed by atoms with van der Waals surface area (Å²) >= 11 is 0. The third kappa shape index (κ3) is 9.60. The van der Waals surface area contributed by atoms with Crippen LogP contribution in [0.15, 0.2) is 29.4 Å². The lowest BCUT2D eigenvalue weighted by molar-refractivity contribution is -0.272. The van der Waals surface area contributed by atoms with Gasteiger partial charge in [0.2, 0.25) is 5.91 Å². The van der Waals surface area contributed by atoms with Gasteiger partial charge in [-0.2, -0.15) is 0 Å². The molecule has 5 atom stereocenters. The van der Waals surface area contributed by atoms with E-state index in [0.29, 0.717) is 19.8 Å². The number of rotatable bonds is 14. The Bertz CT molecular complexity index is 630. The molecule has 1 aromatic rings. The van der Waals surface area contributed by atoms with Gasteiger partial charge in [0.1, 0.15) is 29.4 Å². The standard InChI is InChI=1S/C19H30N2O8S2/c1-13(23)21-16-18(25)17(24)14(12-22)29-19(16)28-9-8-26-6-7-27-10-11-30-31-15-4-2-3-5-20-15/h2-5,14,16-19,22,24-25H,6-12H2,1H3,(H,21,23). The summed E-state index contributed by atoms with van der Waals surface area (Å²) in [6.07, 6.45) is -2.93. The second-order valence-electron chi connectivity index (χ2n) is 6.60. The van der Waals surface area contributed by atoms with Gasteiger partial charge in [0.15, 0.2) is 6.29 Å². The zero-order valence-corrected chi connectivity index (χ0v) is 18.9. The lowest BCUT2D eigenvalue weighted by Gasteiger charge is -2.42. The van der Waals surface area contributed by atoms with Crippen LogP contribution in [-0.4, -0.2) is 102 Å². The topological polar surface area (TPSA) is 140 Å². The summed E-state index contributed by atoms with van der Waals surface area (Å²) in [4.78, 5) is 15.6. The average Bonchev–Trinajstić information content (AvgIpc) is 2.77. The summed E-state index contributed by atoms with van der Waals surface area (Å²) in [5.74, 6) is 0.426. The summed E-state index contributed by atoms with van der Waals surface area (Å²) in [6, 6.07) is 4.83. The molecule has 0 spiro atoms. The van der Waals surface area contributed by atoms with E-state index < -0.39 is 43.2 Å². The molecule has 31 heavy (non-hydrogen) atoms. The molecule has 5 unspecified atom stereocenters. The summed E-state index contributed by atoms with van der Waals surface area (Å²) < 4.78 is 22.0. The molecule has 1 saturated heterocycles. The number of ether oxygens (including phenoxy) is 4. The fourth-order valence-electron chi connectivity index (χ4n) is 2.75. The highest BCUT2D eigenvalue weighted by molar-refractivity contribution is 8.76. The lowest BCUT2D eigenvalue weighted by Crippen LogP contribution is -2.64. The minimum atomic E-state index is -1.34.